The highest BCUT2D eigenvalue weighted by Gasteiger charge is 2.34. The Labute approximate surface area is 138 Å². The molecular formula is C16H28N4O3. The molecule has 1 aliphatic rings. The summed E-state index contributed by atoms with van der Waals surface area (Å²) >= 11 is 0. The van der Waals surface area contributed by atoms with Crippen molar-refractivity contribution in [2.24, 2.45) is 7.05 Å². The van der Waals surface area contributed by atoms with Crippen molar-refractivity contribution >= 4 is 6.09 Å². The predicted octanol–water partition coefficient (Wildman–Crippen LogP) is 2.43. The van der Waals surface area contributed by atoms with E-state index < -0.39 is 5.60 Å². The smallest absolute Gasteiger partial charge is 0.410 e. The number of hydrogen-bond donors (Lipinski definition) is 0. The fourth-order valence-corrected chi connectivity index (χ4v) is 2.45. The Kier molecular flexibility index (Phi) is 4.98. The summed E-state index contributed by atoms with van der Waals surface area (Å²) in [6.07, 6.45) is 1.31. The first-order chi connectivity index (χ1) is 10.6. The molecule has 0 aromatic carbocycles. The van der Waals surface area contributed by atoms with Crippen LogP contribution < -0.4 is 0 Å². The minimum absolute atomic E-state index is 0.247. The molecule has 0 bridgehead atoms. The molecule has 0 unspecified atom stereocenters. The molecule has 1 aliphatic heterocycles. The molecule has 0 saturated carbocycles. The van der Waals surface area contributed by atoms with Crippen molar-refractivity contribution in [2.75, 3.05) is 13.1 Å². The Morgan fingerprint density at radius 1 is 1.26 bits per heavy atom. The van der Waals surface area contributed by atoms with Crippen LogP contribution in [0.25, 0.3) is 0 Å². The van der Waals surface area contributed by atoms with Crippen LogP contribution in [0.15, 0.2) is 0 Å². The Morgan fingerprint density at radius 2 is 1.87 bits per heavy atom. The zero-order valence-corrected chi connectivity index (χ0v) is 15.0. The summed E-state index contributed by atoms with van der Waals surface area (Å²) < 4.78 is 13.4. The first kappa shape index (κ1) is 17.7. The van der Waals surface area contributed by atoms with E-state index in [1.807, 2.05) is 39.3 Å². The van der Waals surface area contributed by atoms with Gasteiger partial charge in [-0.05, 0) is 47.5 Å². The number of piperidine rings is 1. The molecule has 1 amide bonds. The Morgan fingerprint density at radius 3 is 2.35 bits per heavy atom. The van der Waals surface area contributed by atoms with E-state index in [-0.39, 0.29) is 11.7 Å². The first-order valence-electron chi connectivity index (χ1n) is 8.06. The Hall–Kier alpha value is -1.63. The molecule has 0 radical (unpaired) electrons. The number of likely N-dealkylation sites (tertiary alicyclic amines) is 1. The summed E-state index contributed by atoms with van der Waals surface area (Å²) in [6, 6.07) is 0. The van der Waals surface area contributed by atoms with E-state index in [9.17, 15) is 4.79 Å². The fraction of sp³-hybridized carbons (Fsp3) is 0.812. The second-order valence-electron chi connectivity index (χ2n) is 7.43. The average molecular weight is 324 g/mol. The number of carbonyl (C=O) groups is 1. The molecule has 130 valence electrons. The van der Waals surface area contributed by atoms with E-state index in [2.05, 4.69) is 17.1 Å². The van der Waals surface area contributed by atoms with Gasteiger partial charge >= 0.3 is 6.09 Å². The SMILES string of the molecule is Cc1nnc(COC2(C)CCN(C(=O)OC(C)(C)C)CC2)n1C. The largest absolute Gasteiger partial charge is 0.444 e. The van der Waals surface area contributed by atoms with Crippen LogP contribution in [0.4, 0.5) is 4.79 Å². The number of amides is 1. The molecule has 1 fully saturated rings. The zero-order valence-electron chi connectivity index (χ0n) is 15.0. The van der Waals surface area contributed by atoms with Crippen LogP contribution in [0.1, 0.15) is 52.2 Å². The van der Waals surface area contributed by atoms with Crippen LogP contribution in [0.5, 0.6) is 0 Å². The van der Waals surface area contributed by atoms with Gasteiger partial charge in [0.2, 0.25) is 0 Å². The van der Waals surface area contributed by atoms with E-state index in [4.69, 9.17) is 9.47 Å². The number of carbonyl (C=O) groups excluding carboxylic acids is 1. The van der Waals surface area contributed by atoms with Crippen molar-refractivity contribution < 1.29 is 14.3 Å². The van der Waals surface area contributed by atoms with E-state index in [0.29, 0.717) is 19.7 Å². The average Bonchev–Trinajstić information content (AvgIpc) is 2.75. The summed E-state index contributed by atoms with van der Waals surface area (Å²) in [4.78, 5) is 13.8. The number of nitrogens with zero attached hydrogens (tertiary/aromatic N) is 4. The Balaban J connectivity index is 1.85. The van der Waals surface area contributed by atoms with Gasteiger partial charge in [-0.2, -0.15) is 0 Å². The van der Waals surface area contributed by atoms with Gasteiger partial charge in [0.1, 0.15) is 18.0 Å². The van der Waals surface area contributed by atoms with Crippen molar-refractivity contribution in [3.05, 3.63) is 11.6 Å². The maximum Gasteiger partial charge on any atom is 0.410 e. The highest BCUT2D eigenvalue weighted by Crippen LogP contribution is 2.27. The molecule has 2 heterocycles. The second kappa shape index (κ2) is 6.47. The fourth-order valence-electron chi connectivity index (χ4n) is 2.45. The number of hydrogen-bond acceptors (Lipinski definition) is 5. The second-order valence-corrected chi connectivity index (χ2v) is 7.43. The van der Waals surface area contributed by atoms with Crippen molar-refractivity contribution in [1.82, 2.24) is 19.7 Å². The molecule has 1 saturated heterocycles. The topological polar surface area (TPSA) is 69.5 Å². The molecule has 7 nitrogen and oxygen atoms in total. The van der Waals surface area contributed by atoms with Crippen molar-refractivity contribution in [2.45, 2.75) is 65.3 Å². The van der Waals surface area contributed by atoms with Gasteiger partial charge in [0.15, 0.2) is 5.82 Å². The van der Waals surface area contributed by atoms with Crippen molar-refractivity contribution in [3.63, 3.8) is 0 Å². The van der Waals surface area contributed by atoms with Crippen LogP contribution in [-0.2, 0) is 23.1 Å². The van der Waals surface area contributed by atoms with Crippen LogP contribution >= 0.6 is 0 Å². The van der Waals surface area contributed by atoms with Crippen LogP contribution in [-0.4, -0.2) is 50.0 Å². The van der Waals surface area contributed by atoms with Gasteiger partial charge in [0.05, 0.1) is 5.60 Å². The molecule has 0 spiro atoms. The molecule has 7 heteroatoms. The number of ether oxygens (including phenoxy) is 2. The van der Waals surface area contributed by atoms with E-state index in [1.165, 1.54) is 0 Å². The predicted molar refractivity (Wildman–Crippen MR) is 86.0 cm³/mol. The zero-order chi connectivity index (χ0) is 17.3. The lowest BCUT2D eigenvalue weighted by molar-refractivity contribution is -0.0837. The normalized spacial score (nSPS) is 18.1. The van der Waals surface area contributed by atoms with E-state index in [1.54, 1.807) is 4.90 Å². The summed E-state index contributed by atoms with van der Waals surface area (Å²) in [7, 11) is 1.93. The summed E-state index contributed by atoms with van der Waals surface area (Å²) in [5.41, 5.74) is -0.713. The Bertz CT molecular complexity index is 554. The summed E-state index contributed by atoms with van der Waals surface area (Å²) in [5, 5.41) is 8.15. The van der Waals surface area contributed by atoms with E-state index >= 15 is 0 Å². The van der Waals surface area contributed by atoms with Gasteiger partial charge in [-0.15, -0.1) is 10.2 Å². The van der Waals surface area contributed by atoms with Gasteiger partial charge in [-0.25, -0.2) is 4.79 Å². The third kappa shape index (κ3) is 4.67. The van der Waals surface area contributed by atoms with Crippen LogP contribution in [0.2, 0.25) is 0 Å². The molecule has 0 aliphatic carbocycles. The quantitative estimate of drug-likeness (QED) is 0.854. The molecule has 0 N–H and O–H groups in total. The van der Waals surface area contributed by atoms with Gasteiger partial charge < -0.3 is 18.9 Å². The maximum absolute atomic E-state index is 12.1. The molecule has 1 aromatic heterocycles. The van der Waals surface area contributed by atoms with Crippen LogP contribution in [0.3, 0.4) is 0 Å². The third-order valence-electron chi connectivity index (χ3n) is 4.21. The lowest BCUT2D eigenvalue weighted by atomic mass is 9.93. The monoisotopic (exact) mass is 324 g/mol. The summed E-state index contributed by atoms with van der Waals surface area (Å²) in [5.74, 6) is 1.69. The molecule has 2 rings (SSSR count). The number of aromatic nitrogens is 3. The third-order valence-corrected chi connectivity index (χ3v) is 4.21. The first-order valence-corrected chi connectivity index (χ1v) is 8.06. The van der Waals surface area contributed by atoms with Gasteiger partial charge in [0.25, 0.3) is 0 Å². The highest BCUT2D eigenvalue weighted by molar-refractivity contribution is 5.68. The molecular weight excluding hydrogens is 296 g/mol. The highest BCUT2D eigenvalue weighted by atomic mass is 16.6. The van der Waals surface area contributed by atoms with Crippen LogP contribution in [0, 0.1) is 6.92 Å². The van der Waals surface area contributed by atoms with Crippen molar-refractivity contribution in [1.29, 1.82) is 0 Å². The molecule has 1 aromatic rings. The van der Waals surface area contributed by atoms with Gasteiger partial charge in [-0.1, -0.05) is 0 Å². The summed E-state index contributed by atoms with van der Waals surface area (Å²) in [6.45, 7) is 11.4. The van der Waals surface area contributed by atoms with Gasteiger partial charge in [0, 0.05) is 20.1 Å². The number of aryl methyl sites for hydroxylation is 1. The standard InChI is InChI=1S/C16H28N4O3/c1-12-17-18-13(19(12)6)11-22-16(5)7-9-20(10-8-16)14(21)23-15(2,3)4/h7-11H2,1-6H3. The lowest BCUT2D eigenvalue weighted by Crippen LogP contribution is -2.47. The molecule has 0 atom stereocenters. The van der Waals surface area contributed by atoms with E-state index in [0.717, 1.165) is 24.5 Å². The maximum atomic E-state index is 12.1. The lowest BCUT2D eigenvalue weighted by Gasteiger charge is -2.39. The van der Waals surface area contributed by atoms with Gasteiger partial charge in [-0.3, -0.25) is 0 Å². The van der Waals surface area contributed by atoms with Crippen molar-refractivity contribution in [3.8, 4) is 0 Å². The minimum Gasteiger partial charge on any atom is -0.444 e. The molecule has 23 heavy (non-hydrogen) atoms. The number of rotatable bonds is 3. The minimum atomic E-state index is -0.461.